The van der Waals surface area contributed by atoms with Gasteiger partial charge in [-0.15, -0.1) is 0 Å². The molecule has 112 valence electrons. The van der Waals surface area contributed by atoms with Gasteiger partial charge in [0.1, 0.15) is 0 Å². The van der Waals surface area contributed by atoms with E-state index in [2.05, 4.69) is 9.71 Å². The fourth-order valence-corrected chi connectivity index (χ4v) is 4.34. The first-order chi connectivity index (χ1) is 10.1. The Morgan fingerprint density at radius 3 is 2.76 bits per heavy atom. The second kappa shape index (κ2) is 5.71. The highest BCUT2D eigenvalue weighted by Crippen LogP contribution is 2.24. The molecule has 1 aromatic carbocycles. The van der Waals surface area contributed by atoms with Gasteiger partial charge in [0.25, 0.3) is 0 Å². The van der Waals surface area contributed by atoms with Crippen molar-refractivity contribution in [1.82, 2.24) is 9.71 Å². The minimum absolute atomic E-state index is 0.214. The maximum atomic E-state index is 12.6. The van der Waals surface area contributed by atoms with Gasteiger partial charge in [0.2, 0.25) is 10.0 Å². The van der Waals surface area contributed by atoms with E-state index in [1.807, 2.05) is 0 Å². The molecule has 2 aromatic rings. The Morgan fingerprint density at radius 1 is 1.14 bits per heavy atom. The van der Waals surface area contributed by atoms with Crippen LogP contribution in [0.1, 0.15) is 25.7 Å². The molecule has 5 nitrogen and oxygen atoms in total. The third kappa shape index (κ3) is 2.92. The van der Waals surface area contributed by atoms with Crippen molar-refractivity contribution in [2.75, 3.05) is 0 Å². The molecule has 1 aliphatic rings. The Bertz CT molecular complexity index is 740. The minimum atomic E-state index is -3.67. The molecule has 0 bridgehead atoms. The number of aliphatic hydroxyl groups excluding tert-OH is 1. The van der Waals surface area contributed by atoms with E-state index in [4.69, 9.17) is 0 Å². The number of nitrogens with one attached hydrogen (secondary N) is 1. The lowest BCUT2D eigenvalue weighted by atomic mass is 9.93. The molecule has 1 saturated carbocycles. The Balaban J connectivity index is 1.97. The highest BCUT2D eigenvalue weighted by molar-refractivity contribution is 7.89. The number of aromatic nitrogens is 1. The van der Waals surface area contributed by atoms with Crippen LogP contribution in [0.4, 0.5) is 0 Å². The average Bonchev–Trinajstić information content (AvgIpc) is 2.49. The lowest BCUT2D eigenvalue weighted by Gasteiger charge is -2.28. The number of benzene rings is 1. The van der Waals surface area contributed by atoms with Crippen molar-refractivity contribution in [3.63, 3.8) is 0 Å². The first-order valence-electron chi connectivity index (χ1n) is 7.12. The smallest absolute Gasteiger partial charge is 0.241 e. The summed E-state index contributed by atoms with van der Waals surface area (Å²) in [4.78, 5) is 4.39. The molecular weight excluding hydrogens is 288 g/mol. The van der Waals surface area contributed by atoms with Crippen molar-refractivity contribution < 1.29 is 13.5 Å². The molecule has 1 aliphatic carbocycles. The molecule has 1 aromatic heterocycles. The Labute approximate surface area is 124 Å². The zero-order valence-corrected chi connectivity index (χ0v) is 12.4. The van der Waals surface area contributed by atoms with E-state index in [1.165, 1.54) is 0 Å². The molecule has 1 fully saturated rings. The lowest BCUT2D eigenvalue weighted by Crippen LogP contribution is -2.44. The molecular formula is C15H18N2O3S. The van der Waals surface area contributed by atoms with Gasteiger partial charge in [0.05, 0.1) is 16.5 Å². The first kappa shape index (κ1) is 14.4. The van der Waals surface area contributed by atoms with Crippen LogP contribution in [0.15, 0.2) is 41.4 Å². The zero-order chi connectivity index (χ0) is 14.9. The average molecular weight is 306 g/mol. The molecule has 0 unspecified atom stereocenters. The van der Waals surface area contributed by atoms with Gasteiger partial charge in [-0.3, -0.25) is 4.98 Å². The molecule has 21 heavy (non-hydrogen) atoms. The molecule has 0 saturated heterocycles. The minimum Gasteiger partial charge on any atom is -0.391 e. The van der Waals surface area contributed by atoms with Gasteiger partial charge in [0.15, 0.2) is 0 Å². The molecule has 0 amide bonds. The van der Waals surface area contributed by atoms with Crippen molar-refractivity contribution >= 4 is 20.9 Å². The molecule has 0 radical (unpaired) electrons. The number of nitrogens with zero attached hydrogens (tertiary/aromatic N) is 1. The van der Waals surface area contributed by atoms with Crippen LogP contribution < -0.4 is 4.72 Å². The third-order valence-electron chi connectivity index (χ3n) is 3.93. The summed E-state index contributed by atoms with van der Waals surface area (Å²) in [5, 5.41) is 10.5. The Morgan fingerprint density at radius 2 is 1.95 bits per heavy atom. The summed E-state index contributed by atoms with van der Waals surface area (Å²) in [7, 11) is -3.67. The van der Waals surface area contributed by atoms with Gasteiger partial charge < -0.3 is 5.11 Å². The Hall–Kier alpha value is -1.50. The van der Waals surface area contributed by atoms with Crippen LogP contribution in [0.25, 0.3) is 10.9 Å². The van der Waals surface area contributed by atoms with Crippen molar-refractivity contribution in [2.24, 2.45) is 0 Å². The van der Waals surface area contributed by atoms with Gasteiger partial charge in [0, 0.05) is 17.6 Å². The predicted octanol–water partition coefficient (Wildman–Crippen LogP) is 1.82. The summed E-state index contributed by atoms with van der Waals surface area (Å²) >= 11 is 0. The van der Waals surface area contributed by atoms with Gasteiger partial charge in [-0.05, 0) is 37.1 Å². The van der Waals surface area contributed by atoms with Gasteiger partial charge in [-0.1, -0.05) is 18.9 Å². The fourth-order valence-electron chi connectivity index (χ4n) is 2.82. The predicted molar refractivity (Wildman–Crippen MR) is 80.3 cm³/mol. The number of hydrogen-bond acceptors (Lipinski definition) is 4. The summed E-state index contributed by atoms with van der Waals surface area (Å²) < 4.78 is 27.9. The number of sulfonamides is 1. The standard InChI is InChI=1S/C15H18N2O3S/c18-14-8-2-1-6-13(14)17-21(19,20)15-9-3-7-12-11(15)5-4-10-16-12/h3-5,7,9-10,13-14,17-18H,1-2,6,8H2/t13-,14-/m1/s1. The normalized spacial score (nSPS) is 23.3. The van der Waals surface area contributed by atoms with Crippen LogP contribution in [0.5, 0.6) is 0 Å². The highest BCUT2D eigenvalue weighted by atomic mass is 32.2. The molecule has 6 heteroatoms. The van der Waals surface area contributed by atoms with E-state index >= 15 is 0 Å². The number of pyridine rings is 1. The largest absolute Gasteiger partial charge is 0.391 e. The maximum Gasteiger partial charge on any atom is 0.241 e. The van der Waals surface area contributed by atoms with Crippen molar-refractivity contribution in [1.29, 1.82) is 0 Å². The van der Waals surface area contributed by atoms with Gasteiger partial charge in [-0.25, -0.2) is 13.1 Å². The number of aliphatic hydroxyl groups is 1. The van der Waals surface area contributed by atoms with Crippen LogP contribution in [0.2, 0.25) is 0 Å². The monoisotopic (exact) mass is 306 g/mol. The van der Waals surface area contributed by atoms with Crippen LogP contribution in [0.3, 0.4) is 0 Å². The van der Waals surface area contributed by atoms with Crippen molar-refractivity contribution in [2.45, 2.75) is 42.7 Å². The second-order valence-electron chi connectivity index (χ2n) is 5.41. The molecule has 0 spiro atoms. The summed E-state index contributed by atoms with van der Waals surface area (Å²) in [6.45, 7) is 0. The first-order valence-corrected chi connectivity index (χ1v) is 8.60. The van der Waals surface area contributed by atoms with Crippen LogP contribution in [-0.2, 0) is 10.0 Å². The number of hydrogen-bond donors (Lipinski definition) is 2. The Kier molecular flexibility index (Phi) is 3.93. The summed E-state index contributed by atoms with van der Waals surface area (Å²) in [6, 6.07) is 8.09. The third-order valence-corrected chi connectivity index (χ3v) is 5.48. The van der Waals surface area contributed by atoms with Crippen molar-refractivity contribution in [3.05, 3.63) is 36.5 Å². The SMILES string of the molecule is O=S(=O)(N[C@@H]1CCCC[C@H]1O)c1cccc2ncccc12. The summed E-state index contributed by atoms with van der Waals surface area (Å²) in [6.07, 6.45) is 4.21. The zero-order valence-electron chi connectivity index (χ0n) is 11.6. The molecule has 1 heterocycles. The van der Waals surface area contributed by atoms with E-state index < -0.39 is 22.2 Å². The van der Waals surface area contributed by atoms with E-state index in [-0.39, 0.29) is 4.90 Å². The number of fused-ring (bicyclic) bond motifs is 1. The van der Waals surface area contributed by atoms with E-state index in [0.717, 1.165) is 12.8 Å². The van der Waals surface area contributed by atoms with Gasteiger partial charge >= 0.3 is 0 Å². The van der Waals surface area contributed by atoms with Gasteiger partial charge in [-0.2, -0.15) is 0 Å². The quantitative estimate of drug-likeness (QED) is 0.906. The van der Waals surface area contributed by atoms with Crippen LogP contribution >= 0.6 is 0 Å². The lowest BCUT2D eigenvalue weighted by molar-refractivity contribution is 0.101. The number of rotatable bonds is 3. The second-order valence-corrected chi connectivity index (χ2v) is 7.09. The molecule has 2 N–H and O–H groups in total. The molecule has 3 rings (SSSR count). The summed E-state index contributed by atoms with van der Waals surface area (Å²) in [5.41, 5.74) is 0.643. The summed E-state index contributed by atoms with van der Waals surface area (Å²) in [5.74, 6) is 0. The highest BCUT2D eigenvalue weighted by Gasteiger charge is 2.28. The van der Waals surface area contributed by atoms with E-state index in [9.17, 15) is 13.5 Å². The topological polar surface area (TPSA) is 79.3 Å². The van der Waals surface area contributed by atoms with Crippen LogP contribution in [-0.4, -0.2) is 30.7 Å². The van der Waals surface area contributed by atoms with Crippen molar-refractivity contribution in [3.8, 4) is 0 Å². The van der Waals surface area contributed by atoms with E-state index in [1.54, 1.807) is 36.5 Å². The molecule has 2 atom stereocenters. The maximum absolute atomic E-state index is 12.6. The van der Waals surface area contributed by atoms with E-state index in [0.29, 0.717) is 23.7 Å². The fraction of sp³-hybridized carbons (Fsp3) is 0.400. The molecule has 0 aliphatic heterocycles. The van der Waals surface area contributed by atoms with Crippen LogP contribution in [0, 0.1) is 0 Å².